The quantitative estimate of drug-likeness (QED) is 0.505. The first-order chi connectivity index (χ1) is 8.14. The topological polar surface area (TPSA) is 102 Å². The normalized spacial score (nSPS) is 11.1. The van der Waals surface area contributed by atoms with E-state index in [1.807, 2.05) is 0 Å². The molecule has 1 N–H and O–H groups in total. The first-order valence-electron chi connectivity index (χ1n) is 5.18. The lowest BCUT2D eigenvalue weighted by Crippen LogP contribution is -2.24. The van der Waals surface area contributed by atoms with Gasteiger partial charge in [0.05, 0.1) is 5.75 Å². The number of nitrogens with zero attached hydrogens (tertiary/aromatic N) is 3. The molecule has 8 heteroatoms. The van der Waals surface area contributed by atoms with Crippen LogP contribution in [0.2, 0.25) is 0 Å². The Bertz CT molecular complexity index is 435. The fraction of sp³-hybridized carbons (Fsp3) is 0.556. The molecular weight excluding hydrogens is 244 g/mol. The van der Waals surface area contributed by atoms with Gasteiger partial charge < -0.3 is 0 Å². The maximum Gasteiger partial charge on any atom is 0.234 e. The second kappa shape index (κ2) is 6.89. The Labute approximate surface area is 99.8 Å². The van der Waals surface area contributed by atoms with E-state index in [4.69, 9.17) is 0 Å². The lowest BCUT2D eigenvalue weighted by Gasteiger charge is -2.02. The highest BCUT2D eigenvalue weighted by atomic mass is 32.2. The van der Waals surface area contributed by atoms with Gasteiger partial charge in [-0.2, -0.15) is 0 Å². The molecule has 0 unspecified atom stereocenters. The molecule has 0 aliphatic rings. The van der Waals surface area contributed by atoms with Gasteiger partial charge in [0.1, 0.15) is 18.5 Å². The summed E-state index contributed by atoms with van der Waals surface area (Å²) in [6.07, 6.45) is 5.80. The number of aryl methyl sites for hydroxylation is 1. The van der Waals surface area contributed by atoms with Gasteiger partial charge in [-0.3, -0.25) is 9.52 Å². The molecule has 17 heavy (non-hydrogen) atoms. The first-order valence-corrected chi connectivity index (χ1v) is 6.84. The van der Waals surface area contributed by atoms with Crippen LogP contribution in [0.4, 0.5) is 0 Å². The minimum atomic E-state index is -3.44. The predicted octanol–water partition coefficient (Wildman–Crippen LogP) is -0.340. The fourth-order valence-electron chi connectivity index (χ4n) is 1.28. The van der Waals surface area contributed by atoms with Crippen LogP contribution in [0, 0.1) is 0 Å². The summed E-state index contributed by atoms with van der Waals surface area (Å²) in [4.78, 5) is 21.6. The summed E-state index contributed by atoms with van der Waals surface area (Å²) < 4.78 is 24.0. The van der Waals surface area contributed by atoms with E-state index in [-0.39, 0.29) is 12.2 Å². The summed E-state index contributed by atoms with van der Waals surface area (Å²) in [6.45, 7) is 0. The molecule has 0 radical (unpaired) electrons. The van der Waals surface area contributed by atoms with Crippen molar-refractivity contribution >= 4 is 16.4 Å². The van der Waals surface area contributed by atoms with Gasteiger partial charge in [-0.15, -0.1) is 0 Å². The summed E-state index contributed by atoms with van der Waals surface area (Å²) in [7, 11) is -3.44. The molecule has 0 spiro atoms. The van der Waals surface area contributed by atoms with Crippen LogP contribution in [0.5, 0.6) is 0 Å². The third-order valence-corrected chi connectivity index (χ3v) is 3.37. The van der Waals surface area contributed by atoms with Crippen molar-refractivity contribution in [2.75, 3.05) is 5.75 Å². The smallest absolute Gasteiger partial charge is 0.234 e. The zero-order valence-corrected chi connectivity index (χ0v) is 10.1. The maximum atomic E-state index is 11.1. The molecule has 1 heterocycles. The lowest BCUT2D eigenvalue weighted by molar-refractivity contribution is -0.108. The first kappa shape index (κ1) is 13.5. The molecule has 1 aromatic heterocycles. The highest BCUT2D eigenvalue weighted by Crippen LogP contribution is 2.02. The number of hydrogen-bond acceptors (Lipinski definition) is 6. The number of sulfonamides is 1. The number of carbonyl (C=O) groups excluding carboxylic acids is 1. The molecule has 1 amide bonds. The van der Waals surface area contributed by atoms with Crippen LogP contribution in [-0.2, 0) is 21.2 Å². The summed E-state index contributed by atoms with van der Waals surface area (Å²) in [6, 6.07) is 0. The van der Waals surface area contributed by atoms with E-state index in [1.54, 1.807) is 4.72 Å². The molecule has 0 aliphatic heterocycles. The Balaban J connectivity index is 2.15. The molecule has 0 saturated carbocycles. The molecule has 1 rings (SSSR count). The summed E-state index contributed by atoms with van der Waals surface area (Å²) >= 11 is 0. The van der Waals surface area contributed by atoms with E-state index >= 15 is 0 Å². The Hall–Kier alpha value is -1.57. The average Bonchev–Trinajstić information content (AvgIpc) is 2.30. The van der Waals surface area contributed by atoms with Crippen molar-refractivity contribution in [2.24, 2.45) is 0 Å². The number of rotatable bonds is 8. The molecule has 94 valence electrons. The van der Waals surface area contributed by atoms with Crippen LogP contribution < -0.4 is 4.72 Å². The van der Waals surface area contributed by atoms with E-state index < -0.39 is 10.0 Å². The molecule has 1 aromatic rings. The van der Waals surface area contributed by atoms with E-state index in [1.165, 1.54) is 12.7 Å². The Morgan fingerprint density at radius 3 is 2.53 bits per heavy atom. The van der Waals surface area contributed by atoms with E-state index in [9.17, 15) is 13.2 Å². The Morgan fingerprint density at radius 1 is 1.18 bits per heavy atom. The van der Waals surface area contributed by atoms with Crippen LogP contribution in [0.15, 0.2) is 12.7 Å². The fourth-order valence-corrected chi connectivity index (χ4v) is 2.13. The van der Waals surface area contributed by atoms with Crippen molar-refractivity contribution in [3.63, 3.8) is 0 Å². The number of amides is 1. The molecule has 0 bridgehead atoms. The summed E-state index contributed by atoms with van der Waals surface area (Å²) in [5.74, 6) is 0.664. The maximum absolute atomic E-state index is 11.1. The van der Waals surface area contributed by atoms with Gasteiger partial charge in [0.15, 0.2) is 0 Å². The molecular formula is C9H14N4O3S. The van der Waals surface area contributed by atoms with Crippen molar-refractivity contribution in [1.29, 1.82) is 0 Å². The van der Waals surface area contributed by atoms with Gasteiger partial charge in [-0.25, -0.2) is 23.4 Å². The molecule has 0 aromatic carbocycles. The number of unbranched alkanes of at least 4 members (excludes halogenated alkanes) is 2. The third-order valence-electron chi connectivity index (χ3n) is 2.09. The highest BCUT2D eigenvalue weighted by molar-refractivity contribution is 7.89. The largest absolute Gasteiger partial charge is 0.278 e. The van der Waals surface area contributed by atoms with Gasteiger partial charge >= 0.3 is 0 Å². The summed E-state index contributed by atoms with van der Waals surface area (Å²) in [5, 5.41) is 0. The molecule has 0 fully saturated rings. The van der Waals surface area contributed by atoms with Gasteiger partial charge in [0.25, 0.3) is 0 Å². The Morgan fingerprint density at radius 2 is 1.88 bits per heavy atom. The van der Waals surface area contributed by atoms with Crippen LogP contribution >= 0.6 is 0 Å². The number of aromatic nitrogens is 3. The summed E-state index contributed by atoms with van der Waals surface area (Å²) in [5.41, 5.74) is 0. The van der Waals surface area contributed by atoms with Crippen LogP contribution in [0.25, 0.3) is 0 Å². The number of carbonyl (C=O) groups is 1. The van der Waals surface area contributed by atoms with Crippen molar-refractivity contribution in [3.05, 3.63) is 18.5 Å². The molecule has 0 atom stereocenters. The SMILES string of the molecule is O=CNS(=O)(=O)CCCCCc1ncncn1. The van der Waals surface area contributed by atoms with Crippen LogP contribution in [0.3, 0.4) is 0 Å². The standard InChI is InChI=1S/C9H14N4O3S/c14-8-13-17(15,16)5-3-1-2-4-9-11-6-10-7-12-9/h6-8H,1-5H2,(H,13,14). The number of nitrogens with one attached hydrogen (secondary N) is 1. The van der Waals surface area contributed by atoms with Crippen LogP contribution in [-0.4, -0.2) is 35.5 Å². The van der Waals surface area contributed by atoms with Crippen molar-refractivity contribution < 1.29 is 13.2 Å². The molecule has 7 nitrogen and oxygen atoms in total. The Kier molecular flexibility index (Phi) is 5.47. The van der Waals surface area contributed by atoms with E-state index in [0.29, 0.717) is 18.7 Å². The minimum absolute atomic E-state index is 0.0387. The number of hydrogen-bond donors (Lipinski definition) is 1. The molecule has 0 aliphatic carbocycles. The second-order valence-corrected chi connectivity index (χ2v) is 5.29. The molecule has 0 saturated heterocycles. The second-order valence-electron chi connectivity index (χ2n) is 3.42. The van der Waals surface area contributed by atoms with E-state index in [2.05, 4.69) is 15.0 Å². The zero-order valence-electron chi connectivity index (χ0n) is 9.24. The van der Waals surface area contributed by atoms with Crippen molar-refractivity contribution in [2.45, 2.75) is 25.7 Å². The van der Waals surface area contributed by atoms with E-state index in [0.717, 1.165) is 12.8 Å². The average molecular weight is 258 g/mol. The van der Waals surface area contributed by atoms with Gasteiger partial charge in [-0.1, -0.05) is 6.42 Å². The van der Waals surface area contributed by atoms with Crippen LogP contribution in [0.1, 0.15) is 25.1 Å². The van der Waals surface area contributed by atoms with Crippen molar-refractivity contribution in [1.82, 2.24) is 19.7 Å². The van der Waals surface area contributed by atoms with Crippen molar-refractivity contribution in [3.8, 4) is 0 Å². The van der Waals surface area contributed by atoms with Gasteiger partial charge in [-0.05, 0) is 12.8 Å². The monoisotopic (exact) mass is 258 g/mol. The predicted molar refractivity (Wildman–Crippen MR) is 60.4 cm³/mol. The zero-order chi connectivity index (χ0) is 12.6. The minimum Gasteiger partial charge on any atom is -0.278 e. The third kappa shape index (κ3) is 5.91. The van der Waals surface area contributed by atoms with Gasteiger partial charge in [0, 0.05) is 6.42 Å². The van der Waals surface area contributed by atoms with Gasteiger partial charge in [0.2, 0.25) is 16.4 Å². The highest BCUT2D eigenvalue weighted by Gasteiger charge is 2.07. The lowest BCUT2D eigenvalue weighted by atomic mass is 10.2.